The molecule has 1 aliphatic rings. The molecule has 2 amide bonds. The molecule has 0 fully saturated rings. The minimum Gasteiger partial charge on any atom is -0.497 e. The van der Waals surface area contributed by atoms with Crippen molar-refractivity contribution in [2.75, 3.05) is 26.2 Å². The van der Waals surface area contributed by atoms with Gasteiger partial charge in [-0.1, -0.05) is 23.7 Å². The molecule has 0 aliphatic carbocycles. The first kappa shape index (κ1) is 17.8. The van der Waals surface area contributed by atoms with Gasteiger partial charge < -0.3 is 14.2 Å². The van der Waals surface area contributed by atoms with Crippen molar-refractivity contribution < 1.29 is 23.8 Å². The molecule has 3 rings (SSSR count). The predicted molar refractivity (Wildman–Crippen MR) is 97.8 cm³/mol. The van der Waals surface area contributed by atoms with Crippen molar-refractivity contribution in [1.82, 2.24) is 0 Å². The summed E-state index contributed by atoms with van der Waals surface area (Å²) in [6.45, 7) is 0. The maximum absolute atomic E-state index is 13.0. The van der Waals surface area contributed by atoms with Crippen LogP contribution in [0.3, 0.4) is 0 Å². The summed E-state index contributed by atoms with van der Waals surface area (Å²) in [7, 11) is 4.49. The molecule has 2 aromatic carbocycles. The zero-order chi connectivity index (χ0) is 18.8. The van der Waals surface area contributed by atoms with Crippen LogP contribution in [-0.2, 0) is 9.59 Å². The van der Waals surface area contributed by atoms with E-state index < -0.39 is 11.8 Å². The molecular weight excluding hydrogens is 358 g/mol. The smallest absolute Gasteiger partial charge is 0.277 e. The number of benzene rings is 2. The number of anilines is 1. The number of methoxy groups -OCH3 is 3. The van der Waals surface area contributed by atoms with Crippen molar-refractivity contribution in [3.05, 3.63) is 53.1 Å². The quantitative estimate of drug-likeness (QED) is 0.753. The van der Waals surface area contributed by atoms with E-state index in [1.165, 1.54) is 14.2 Å². The second kappa shape index (κ2) is 7.09. The average Bonchev–Trinajstić information content (AvgIpc) is 2.90. The van der Waals surface area contributed by atoms with Gasteiger partial charge >= 0.3 is 0 Å². The Morgan fingerprint density at radius 3 is 2.00 bits per heavy atom. The Morgan fingerprint density at radius 2 is 1.42 bits per heavy atom. The van der Waals surface area contributed by atoms with Gasteiger partial charge in [0.25, 0.3) is 11.8 Å². The SMILES string of the molecule is COc1ccc(C2=C(Cl)C(=O)N(c3cc(OC)ccc3OC)C2=O)cc1. The molecular formula is C19H16ClNO5. The summed E-state index contributed by atoms with van der Waals surface area (Å²) >= 11 is 6.21. The molecule has 1 aliphatic heterocycles. The van der Waals surface area contributed by atoms with Crippen LogP contribution in [0.4, 0.5) is 5.69 Å². The summed E-state index contributed by atoms with van der Waals surface area (Å²) in [5.74, 6) is 0.322. The molecule has 0 saturated heterocycles. The summed E-state index contributed by atoms with van der Waals surface area (Å²) in [5.41, 5.74) is 0.922. The van der Waals surface area contributed by atoms with E-state index in [0.29, 0.717) is 22.8 Å². The summed E-state index contributed by atoms with van der Waals surface area (Å²) in [6.07, 6.45) is 0. The first-order valence-electron chi connectivity index (χ1n) is 7.66. The maximum Gasteiger partial charge on any atom is 0.277 e. The zero-order valence-corrected chi connectivity index (χ0v) is 15.2. The minimum absolute atomic E-state index is 0.129. The van der Waals surface area contributed by atoms with E-state index in [-0.39, 0.29) is 16.3 Å². The van der Waals surface area contributed by atoms with Crippen LogP contribution in [0.15, 0.2) is 47.5 Å². The van der Waals surface area contributed by atoms with Crippen LogP contribution in [0.25, 0.3) is 5.57 Å². The third-order valence-corrected chi connectivity index (χ3v) is 4.38. The number of ether oxygens (including phenoxy) is 3. The number of rotatable bonds is 5. The lowest BCUT2D eigenvalue weighted by molar-refractivity contribution is -0.119. The highest BCUT2D eigenvalue weighted by molar-refractivity contribution is 6.60. The number of imide groups is 1. The van der Waals surface area contributed by atoms with Crippen LogP contribution in [0.2, 0.25) is 0 Å². The Labute approximate surface area is 155 Å². The normalized spacial score (nSPS) is 14.1. The Balaban J connectivity index is 2.06. The summed E-state index contributed by atoms with van der Waals surface area (Å²) in [6, 6.07) is 11.6. The lowest BCUT2D eigenvalue weighted by Crippen LogP contribution is -2.31. The minimum atomic E-state index is -0.617. The lowest BCUT2D eigenvalue weighted by Gasteiger charge is -2.19. The molecule has 0 saturated carbocycles. The predicted octanol–water partition coefficient (Wildman–Crippen LogP) is 3.24. The van der Waals surface area contributed by atoms with Gasteiger partial charge in [0.1, 0.15) is 22.3 Å². The zero-order valence-electron chi connectivity index (χ0n) is 14.4. The monoisotopic (exact) mass is 373 g/mol. The molecule has 0 atom stereocenters. The largest absolute Gasteiger partial charge is 0.497 e. The van der Waals surface area contributed by atoms with Crippen molar-refractivity contribution in [3.63, 3.8) is 0 Å². The molecule has 0 aromatic heterocycles. The molecule has 134 valence electrons. The van der Waals surface area contributed by atoms with Crippen LogP contribution in [-0.4, -0.2) is 33.1 Å². The first-order chi connectivity index (χ1) is 12.5. The fraction of sp³-hybridized carbons (Fsp3) is 0.158. The fourth-order valence-electron chi connectivity index (χ4n) is 2.70. The molecule has 1 heterocycles. The van der Waals surface area contributed by atoms with Gasteiger partial charge in [0.2, 0.25) is 0 Å². The van der Waals surface area contributed by atoms with Gasteiger partial charge in [0.15, 0.2) is 0 Å². The number of amides is 2. The van der Waals surface area contributed by atoms with Crippen LogP contribution in [0.5, 0.6) is 17.2 Å². The number of carbonyl (C=O) groups excluding carboxylic acids is 2. The average molecular weight is 374 g/mol. The second-order valence-electron chi connectivity index (χ2n) is 5.40. The van der Waals surface area contributed by atoms with E-state index >= 15 is 0 Å². The van der Waals surface area contributed by atoms with Gasteiger partial charge in [0, 0.05) is 6.07 Å². The number of hydrogen-bond acceptors (Lipinski definition) is 5. The van der Waals surface area contributed by atoms with Gasteiger partial charge in [-0.3, -0.25) is 9.59 Å². The second-order valence-corrected chi connectivity index (χ2v) is 5.78. The van der Waals surface area contributed by atoms with Crippen LogP contribution < -0.4 is 19.1 Å². The van der Waals surface area contributed by atoms with E-state index in [1.54, 1.807) is 49.6 Å². The van der Waals surface area contributed by atoms with Crippen molar-refractivity contribution in [1.29, 1.82) is 0 Å². The Kier molecular flexibility index (Phi) is 4.86. The van der Waals surface area contributed by atoms with Gasteiger partial charge in [-0.2, -0.15) is 0 Å². The van der Waals surface area contributed by atoms with Gasteiger partial charge in [0.05, 0.1) is 32.6 Å². The van der Waals surface area contributed by atoms with E-state index in [0.717, 1.165) is 4.90 Å². The molecule has 0 radical (unpaired) electrons. The highest BCUT2D eigenvalue weighted by Crippen LogP contribution is 2.40. The van der Waals surface area contributed by atoms with E-state index in [9.17, 15) is 9.59 Å². The summed E-state index contributed by atoms with van der Waals surface area (Å²) < 4.78 is 15.6. The number of carbonyl (C=O) groups is 2. The summed E-state index contributed by atoms with van der Waals surface area (Å²) in [5, 5.41) is -0.148. The van der Waals surface area contributed by atoms with Gasteiger partial charge in [-0.05, 0) is 29.8 Å². The maximum atomic E-state index is 13.0. The van der Waals surface area contributed by atoms with Crippen molar-refractivity contribution in [3.8, 4) is 17.2 Å². The van der Waals surface area contributed by atoms with Crippen molar-refractivity contribution >= 4 is 34.7 Å². The molecule has 0 spiro atoms. The van der Waals surface area contributed by atoms with Crippen molar-refractivity contribution in [2.24, 2.45) is 0 Å². The Bertz CT molecular complexity index is 905. The van der Waals surface area contributed by atoms with E-state index in [4.69, 9.17) is 25.8 Å². The standard InChI is InChI=1S/C19H16ClNO5/c1-24-12-6-4-11(5-7-12)16-17(20)19(23)21(18(16)22)14-10-13(25-2)8-9-15(14)26-3/h4-10H,1-3H3. The number of hydrogen-bond donors (Lipinski definition) is 0. The fourth-order valence-corrected chi connectivity index (χ4v) is 2.98. The first-order valence-corrected chi connectivity index (χ1v) is 8.04. The Hall–Kier alpha value is -2.99. The Morgan fingerprint density at radius 1 is 0.808 bits per heavy atom. The van der Waals surface area contributed by atoms with Gasteiger partial charge in [-0.25, -0.2) is 4.90 Å². The van der Waals surface area contributed by atoms with Gasteiger partial charge in [-0.15, -0.1) is 0 Å². The number of nitrogens with zero attached hydrogens (tertiary/aromatic N) is 1. The summed E-state index contributed by atoms with van der Waals surface area (Å²) in [4.78, 5) is 26.7. The van der Waals surface area contributed by atoms with E-state index in [2.05, 4.69) is 0 Å². The molecule has 26 heavy (non-hydrogen) atoms. The molecule has 0 unspecified atom stereocenters. The third kappa shape index (κ3) is 2.88. The molecule has 0 N–H and O–H groups in total. The highest BCUT2D eigenvalue weighted by atomic mass is 35.5. The number of halogens is 1. The molecule has 7 heteroatoms. The van der Waals surface area contributed by atoms with E-state index in [1.807, 2.05) is 0 Å². The van der Waals surface area contributed by atoms with Crippen LogP contribution in [0, 0.1) is 0 Å². The van der Waals surface area contributed by atoms with Crippen molar-refractivity contribution in [2.45, 2.75) is 0 Å². The van der Waals surface area contributed by atoms with Crippen LogP contribution >= 0.6 is 11.6 Å². The third-order valence-electron chi connectivity index (χ3n) is 4.03. The molecule has 0 bridgehead atoms. The molecule has 6 nitrogen and oxygen atoms in total. The topological polar surface area (TPSA) is 65.1 Å². The van der Waals surface area contributed by atoms with Crippen LogP contribution in [0.1, 0.15) is 5.56 Å². The highest BCUT2D eigenvalue weighted by Gasteiger charge is 2.40. The lowest BCUT2D eigenvalue weighted by atomic mass is 10.1. The molecule has 2 aromatic rings.